The van der Waals surface area contributed by atoms with Crippen molar-refractivity contribution in [3.05, 3.63) is 52.3 Å². The van der Waals surface area contributed by atoms with Crippen molar-refractivity contribution >= 4 is 11.6 Å². The van der Waals surface area contributed by atoms with Gasteiger partial charge >= 0.3 is 0 Å². The molecule has 0 bridgehead atoms. The predicted molar refractivity (Wildman–Crippen MR) is 79.4 cm³/mol. The van der Waals surface area contributed by atoms with Crippen LogP contribution in [0.25, 0.3) is 0 Å². The summed E-state index contributed by atoms with van der Waals surface area (Å²) < 4.78 is 1.92. The Labute approximate surface area is 119 Å². The summed E-state index contributed by atoms with van der Waals surface area (Å²) in [5.74, 6) is 0. The molecule has 2 rings (SSSR count). The molecule has 0 saturated heterocycles. The Kier molecular flexibility index (Phi) is 4.61. The lowest BCUT2D eigenvalue weighted by atomic mass is 9.97. The molecule has 0 fully saturated rings. The van der Waals surface area contributed by atoms with Crippen molar-refractivity contribution in [2.75, 3.05) is 0 Å². The summed E-state index contributed by atoms with van der Waals surface area (Å²) >= 11 is 6.26. The molecule has 1 atom stereocenters. The predicted octanol–water partition coefficient (Wildman–Crippen LogP) is 3.56. The summed E-state index contributed by atoms with van der Waals surface area (Å²) in [7, 11) is 0. The zero-order valence-corrected chi connectivity index (χ0v) is 12.2. The molecule has 0 aliphatic carbocycles. The van der Waals surface area contributed by atoms with Crippen molar-refractivity contribution in [2.45, 2.75) is 39.3 Å². The highest BCUT2D eigenvalue weighted by Crippen LogP contribution is 2.28. The number of nitrogens with zero attached hydrogens (tertiary/aromatic N) is 2. The van der Waals surface area contributed by atoms with E-state index in [9.17, 15) is 0 Å². The third-order valence-electron chi connectivity index (χ3n) is 3.33. The highest BCUT2D eigenvalue weighted by molar-refractivity contribution is 6.31. The van der Waals surface area contributed by atoms with Gasteiger partial charge in [0.2, 0.25) is 0 Å². The van der Waals surface area contributed by atoms with Crippen molar-refractivity contribution in [1.29, 1.82) is 0 Å². The molecular formula is C15H20ClN3. The molecule has 1 heterocycles. The molecular weight excluding hydrogens is 258 g/mol. The fourth-order valence-corrected chi connectivity index (χ4v) is 2.64. The Balaban J connectivity index is 2.43. The largest absolute Gasteiger partial charge is 0.319 e. The number of nitrogens with two attached hydrogens (primary N) is 1. The molecule has 0 amide bonds. The van der Waals surface area contributed by atoms with Crippen molar-refractivity contribution in [3.8, 4) is 0 Å². The standard InChI is InChI=1S/C15H20ClN3/c1-3-9-19-15(13(16)10-18-19)14(17)12-8-6-5-7-11(12)4-2/h5-8,10,14H,3-4,9,17H2,1-2H3. The topological polar surface area (TPSA) is 43.8 Å². The molecule has 4 heteroatoms. The monoisotopic (exact) mass is 277 g/mol. The molecule has 3 nitrogen and oxygen atoms in total. The first-order chi connectivity index (χ1) is 9.19. The quantitative estimate of drug-likeness (QED) is 0.908. The van der Waals surface area contributed by atoms with E-state index >= 15 is 0 Å². The number of halogens is 1. The first-order valence-electron chi connectivity index (χ1n) is 6.73. The van der Waals surface area contributed by atoms with Crippen LogP contribution in [0.1, 0.15) is 43.1 Å². The highest BCUT2D eigenvalue weighted by Gasteiger charge is 2.20. The van der Waals surface area contributed by atoms with Gasteiger partial charge in [0.25, 0.3) is 0 Å². The maximum absolute atomic E-state index is 6.42. The maximum atomic E-state index is 6.42. The van der Waals surface area contributed by atoms with Gasteiger partial charge in [-0.05, 0) is 24.0 Å². The molecule has 0 spiro atoms. The first kappa shape index (κ1) is 14.1. The minimum atomic E-state index is -0.224. The third kappa shape index (κ3) is 2.82. The second-order valence-electron chi connectivity index (χ2n) is 4.63. The van der Waals surface area contributed by atoms with E-state index in [1.165, 1.54) is 5.56 Å². The van der Waals surface area contributed by atoms with E-state index in [1.807, 2.05) is 16.8 Å². The normalized spacial score (nSPS) is 12.6. The first-order valence-corrected chi connectivity index (χ1v) is 7.11. The lowest BCUT2D eigenvalue weighted by molar-refractivity contribution is 0.559. The Morgan fingerprint density at radius 3 is 2.74 bits per heavy atom. The Bertz CT molecular complexity index is 548. The smallest absolute Gasteiger partial charge is 0.0837 e. The van der Waals surface area contributed by atoms with Crippen LogP contribution in [0.4, 0.5) is 0 Å². The van der Waals surface area contributed by atoms with Crippen molar-refractivity contribution in [1.82, 2.24) is 9.78 Å². The molecule has 2 N–H and O–H groups in total. The van der Waals surface area contributed by atoms with E-state index in [2.05, 4.69) is 31.1 Å². The van der Waals surface area contributed by atoms with Gasteiger partial charge in [-0.1, -0.05) is 49.7 Å². The average molecular weight is 278 g/mol. The van der Waals surface area contributed by atoms with Gasteiger partial charge in [-0.3, -0.25) is 4.68 Å². The number of aryl methyl sites for hydroxylation is 2. The molecule has 1 aromatic carbocycles. The van der Waals surface area contributed by atoms with Gasteiger partial charge in [0.05, 0.1) is 23.0 Å². The number of aromatic nitrogens is 2. The SMILES string of the molecule is CCCn1ncc(Cl)c1C(N)c1ccccc1CC. The third-order valence-corrected chi connectivity index (χ3v) is 3.63. The van der Waals surface area contributed by atoms with Crippen LogP contribution in [0.15, 0.2) is 30.5 Å². The number of hydrogen-bond acceptors (Lipinski definition) is 2. The van der Waals surface area contributed by atoms with Gasteiger partial charge in [0, 0.05) is 6.54 Å². The molecule has 19 heavy (non-hydrogen) atoms. The molecule has 0 aliphatic heterocycles. The number of rotatable bonds is 5. The summed E-state index contributed by atoms with van der Waals surface area (Å²) in [6, 6.07) is 8.02. The molecule has 1 unspecified atom stereocenters. The maximum Gasteiger partial charge on any atom is 0.0837 e. The zero-order chi connectivity index (χ0) is 13.8. The van der Waals surface area contributed by atoms with Gasteiger partial charge < -0.3 is 5.73 Å². The highest BCUT2D eigenvalue weighted by atomic mass is 35.5. The van der Waals surface area contributed by atoms with Crippen LogP contribution in [0.2, 0.25) is 5.02 Å². The number of benzene rings is 1. The summed E-state index contributed by atoms with van der Waals surface area (Å²) in [4.78, 5) is 0. The number of hydrogen-bond donors (Lipinski definition) is 1. The van der Waals surface area contributed by atoms with Crippen LogP contribution in [0.5, 0.6) is 0 Å². The molecule has 2 aromatic rings. The van der Waals surface area contributed by atoms with Gasteiger partial charge in [0.1, 0.15) is 0 Å². The minimum absolute atomic E-state index is 0.224. The lowest BCUT2D eigenvalue weighted by Gasteiger charge is -2.18. The van der Waals surface area contributed by atoms with Gasteiger partial charge in [-0.25, -0.2) is 0 Å². The van der Waals surface area contributed by atoms with Crippen LogP contribution in [-0.4, -0.2) is 9.78 Å². The Hall–Kier alpha value is -1.32. The van der Waals surface area contributed by atoms with Crippen molar-refractivity contribution in [3.63, 3.8) is 0 Å². The Morgan fingerprint density at radius 2 is 2.05 bits per heavy atom. The van der Waals surface area contributed by atoms with Crippen molar-refractivity contribution in [2.24, 2.45) is 5.73 Å². The summed E-state index contributed by atoms with van der Waals surface area (Å²) in [6.07, 6.45) is 3.65. The second-order valence-corrected chi connectivity index (χ2v) is 5.04. The molecule has 1 aromatic heterocycles. The average Bonchev–Trinajstić information content (AvgIpc) is 2.79. The fraction of sp³-hybridized carbons (Fsp3) is 0.400. The minimum Gasteiger partial charge on any atom is -0.319 e. The van der Waals surface area contributed by atoms with Crippen LogP contribution in [-0.2, 0) is 13.0 Å². The van der Waals surface area contributed by atoms with Crippen LogP contribution >= 0.6 is 11.6 Å². The van der Waals surface area contributed by atoms with Gasteiger partial charge in [-0.15, -0.1) is 0 Å². The Morgan fingerprint density at radius 1 is 1.32 bits per heavy atom. The van der Waals surface area contributed by atoms with E-state index < -0.39 is 0 Å². The van der Waals surface area contributed by atoms with E-state index in [-0.39, 0.29) is 6.04 Å². The summed E-state index contributed by atoms with van der Waals surface area (Å²) in [6.45, 7) is 5.09. The van der Waals surface area contributed by atoms with Crippen molar-refractivity contribution < 1.29 is 0 Å². The summed E-state index contributed by atoms with van der Waals surface area (Å²) in [5, 5.41) is 4.96. The van der Waals surface area contributed by atoms with Crippen LogP contribution < -0.4 is 5.73 Å². The second kappa shape index (κ2) is 6.22. The summed E-state index contributed by atoms with van der Waals surface area (Å²) in [5.41, 5.74) is 9.72. The zero-order valence-electron chi connectivity index (χ0n) is 11.4. The molecule has 102 valence electrons. The lowest BCUT2D eigenvalue weighted by Crippen LogP contribution is -2.19. The fourth-order valence-electron chi connectivity index (χ4n) is 2.38. The molecule has 0 aliphatic rings. The van der Waals surface area contributed by atoms with E-state index in [0.29, 0.717) is 5.02 Å². The molecule has 0 saturated carbocycles. The molecule has 0 radical (unpaired) electrons. The van der Waals surface area contributed by atoms with E-state index in [1.54, 1.807) is 6.20 Å². The van der Waals surface area contributed by atoms with Crippen LogP contribution in [0.3, 0.4) is 0 Å². The van der Waals surface area contributed by atoms with E-state index in [0.717, 1.165) is 30.6 Å². The van der Waals surface area contributed by atoms with Gasteiger partial charge in [0.15, 0.2) is 0 Å². The van der Waals surface area contributed by atoms with Crippen LogP contribution in [0, 0.1) is 0 Å². The van der Waals surface area contributed by atoms with E-state index in [4.69, 9.17) is 17.3 Å². The van der Waals surface area contributed by atoms with Gasteiger partial charge in [-0.2, -0.15) is 5.10 Å².